The third-order valence-electron chi connectivity index (χ3n) is 5.05. The van der Waals surface area contributed by atoms with E-state index >= 15 is 0 Å². The Morgan fingerprint density at radius 1 is 1.19 bits per heavy atom. The molecule has 0 atom stereocenters. The van der Waals surface area contributed by atoms with Crippen LogP contribution in [0.4, 0.5) is 0 Å². The molecule has 3 aliphatic rings. The smallest absolute Gasteiger partial charge is 0.184 e. The minimum atomic E-state index is 0.543. The fraction of sp³-hybridized carbons (Fsp3) is 0.400. The Balaban J connectivity index is 1.68. The first-order chi connectivity index (χ1) is 12.8. The fourth-order valence-corrected chi connectivity index (χ4v) is 3.70. The first kappa shape index (κ1) is 16.8. The molecule has 1 aromatic heterocycles. The van der Waals surface area contributed by atoms with Crippen molar-refractivity contribution in [2.75, 3.05) is 27.3 Å². The fourth-order valence-electron chi connectivity index (χ4n) is 3.70. The quantitative estimate of drug-likeness (QED) is 0.765. The van der Waals surface area contributed by atoms with Gasteiger partial charge in [0, 0.05) is 35.6 Å². The lowest BCUT2D eigenvalue weighted by Crippen LogP contribution is -2.26. The summed E-state index contributed by atoms with van der Waals surface area (Å²) in [6.07, 6.45) is 6.08. The van der Waals surface area contributed by atoms with Gasteiger partial charge in [-0.15, -0.1) is 0 Å². The summed E-state index contributed by atoms with van der Waals surface area (Å²) in [5.74, 6) is 2.90. The molecule has 0 saturated carbocycles. The maximum atomic E-state index is 5.52. The third kappa shape index (κ3) is 3.12. The van der Waals surface area contributed by atoms with Crippen molar-refractivity contribution in [2.24, 2.45) is 0 Å². The Hall–Kier alpha value is -2.60. The summed E-state index contributed by atoms with van der Waals surface area (Å²) in [5.41, 5.74) is 3.20. The van der Waals surface area contributed by atoms with Gasteiger partial charge in [0.15, 0.2) is 11.5 Å². The van der Waals surface area contributed by atoms with E-state index in [1.54, 1.807) is 20.4 Å². The zero-order valence-electron chi connectivity index (χ0n) is 15.2. The van der Waals surface area contributed by atoms with E-state index in [1.807, 2.05) is 12.3 Å². The lowest BCUT2D eigenvalue weighted by molar-refractivity contribution is 0.348. The zero-order chi connectivity index (χ0) is 17.9. The molecule has 136 valence electrons. The highest BCUT2D eigenvalue weighted by atomic mass is 16.5. The number of nitrogens with zero attached hydrogens (tertiary/aromatic N) is 3. The molecule has 4 rings (SSSR count). The molecule has 0 amide bonds. The van der Waals surface area contributed by atoms with E-state index in [1.165, 1.54) is 11.3 Å². The lowest BCUT2D eigenvalue weighted by atomic mass is 9.95. The van der Waals surface area contributed by atoms with Crippen LogP contribution in [0.15, 0.2) is 36.7 Å². The van der Waals surface area contributed by atoms with E-state index in [9.17, 15) is 0 Å². The number of nitrogens with one attached hydrogen (secondary N) is 1. The predicted octanol–water partition coefficient (Wildman–Crippen LogP) is 2.92. The van der Waals surface area contributed by atoms with Crippen molar-refractivity contribution >= 4 is 0 Å². The Bertz CT molecular complexity index is 855. The number of aromatic nitrogens is 3. The number of ether oxygens (including phenoxy) is 2. The topological polar surface area (TPSA) is 61.2 Å². The molecule has 0 aliphatic carbocycles. The van der Waals surface area contributed by atoms with Gasteiger partial charge in [-0.25, -0.2) is 4.98 Å². The van der Waals surface area contributed by atoms with E-state index in [0.29, 0.717) is 24.0 Å². The van der Waals surface area contributed by atoms with Crippen LogP contribution in [0, 0.1) is 0 Å². The van der Waals surface area contributed by atoms with Crippen LogP contribution in [0.3, 0.4) is 0 Å². The molecule has 4 heterocycles. The molecule has 0 unspecified atom stereocenters. The molecule has 0 bridgehead atoms. The minimum Gasteiger partial charge on any atom is -0.493 e. The third-order valence-corrected chi connectivity index (χ3v) is 5.05. The minimum absolute atomic E-state index is 0.543. The van der Waals surface area contributed by atoms with Crippen LogP contribution in [0.1, 0.15) is 30.1 Å². The van der Waals surface area contributed by atoms with Crippen molar-refractivity contribution < 1.29 is 9.47 Å². The van der Waals surface area contributed by atoms with Crippen molar-refractivity contribution in [1.29, 1.82) is 0 Å². The van der Waals surface area contributed by atoms with Gasteiger partial charge in [-0.1, -0.05) is 0 Å². The molecule has 26 heavy (non-hydrogen) atoms. The molecule has 0 radical (unpaired) electrons. The molecule has 3 aliphatic heterocycles. The molecule has 1 N–H and O–H groups in total. The van der Waals surface area contributed by atoms with Crippen molar-refractivity contribution in [3.8, 4) is 22.9 Å². The standard InChI is InChI=1S/C20H24N4O2/c1-25-18-7-10-22-17(19(18)26-2)13-24-11-3-4-15-12-16(23-20(15)24)14-5-8-21-9-6-14/h3-4,7,10-12,14,21H,5-6,8-9,13H2,1-2H3. The molecular formula is C20H24N4O2. The summed E-state index contributed by atoms with van der Waals surface area (Å²) < 4.78 is 13.0. The van der Waals surface area contributed by atoms with Gasteiger partial charge in [-0.3, -0.25) is 4.98 Å². The SMILES string of the molecule is COc1ccnc(Cn2cccc3cc(C4CCNCC4)nc2-3)c1OC. The first-order valence-corrected chi connectivity index (χ1v) is 9.02. The second-order valence-corrected chi connectivity index (χ2v) is 6.61. The van der Waals surface area contributed by atoms with E-state index < -0.39 is 0 Å². The van der Waals surface area contributed by atoms with Crippen molar-refractivity contribution in [3.05, 3.63) is 48.0 Å². The van der Waals surface area contributed by atoms with Gasteiger partial charge in [-0.05, 0) is 44.1 Å². The van der Waals surface area contributed by atoms with Crippen LogP contribution < -0.4 is 14.8 Å². The summed E-state index contributed by atoms with van der Waals surface area (Å²) in [6, 6.07) is 8.23. The van der Waals surface area contributed by atoms with Crippen LogP contribution >= 0.6 is 0 Å². The highest BCUT2D eigenvalue weighted by Crippen LogP contribution is 2.33. The van der Waals surface area contributed by atoms with Crippen LogP contribution in [-0.2, 0) is 6.54 Å². The summed E-state index contributed by atoms with van der Waals surface area (Å²) >= 11 is 0. The van der Waals surface area contributed by atoms with Gasteiger partial charge >= 0.3 is 0 Å². The van der Waals surface area contributed by atoms with Gasteiger partial charge in [0.1, 0.15) is 11.5 Å². The Morgan fingerprint density at radius 3 is 2.81 bits per heavy atom. The average molecular weight is 352 g/mol. The van der Waals surface area contributed by atoms with E-state index in [-0.39, 0.29) is 0 Å². The van der Waals surface area contributed by atoms with E-state index in [2.05, 4.69) is 33.1 Å². The zero-order valence-corrected chi connectivity index (χ0v) is 15.2. The highest BCUT2D eigenvalue weighted by molar-refractivity contribution is 5.60. The van der Waals surface area contributed by atoms with Gasteiger partial charge in [-0.2, -0.15) is 0 Å². The van der Waals surface area contributed by atoms with Gasteiger partial charge < -0.3 is 19.4 Å². The number of pyridine rings is 2. The van der Waals surface area contributed by atoms with E-state index in [0.717, 1.165) is 37.4 Å². The van der Waals surface area contributed by atoms with Crippen LogP contribution in [-0.4, -0.2) is 41.8 Å². The molecule has 6 heteroatoms. The van der Waals surface area contributed by atoms with Crippen LogP contribution in [0.2, 0.25) is 0 Å². The Labute approximate surface area is 153 Å². The maximum Gasteiger partial charge on any atom is 0.184 e. The molecular weight excluding hydrogens is 328 g/mol. The number of hydrogen-bond donors (Lipinski definition) is 1. The Kier molecular flexibility index (Phi) is 4.75. The summed E-state index contributed by atoms with van der Waals surface area (Å²) in [7, 11) is 3.28. The highest BCUT2D eigenvalue weighted by Gasteiger charge is 2.22. The summed E-state index contributed by atoms with van der Waals surface area (Å²) in [6.45, 7) is 2.72. The second kappa shape index (κ2) is 7.33. The second-order valence-electron chi connectivity index (χ2n) is 6.61. The number of rotatable bonds is 5. The molecule has 0 spiro atoms. The lowest BCUT2D eigenvalue weighted by Gasteiger charge is -2.20. The van der Waals surface area contributed by atoms with Gasteiger partial charge in [0.05, 0.1) is 20.8 Å². The molecule has 1 fully saturated rings. The van der Waals surface area contributed by atoms with Crippen molar-refractivity contribution in [1.82, 2.24) is 19.9 Å². The molecule has 0 aromatic carbocycles. The summed E-state index contributed by atoms with van der Waals surface area (Å²) in [4.78, 5) is 9.46. The van der Waals surface area contributed by atoms with Crippen molar-refractivity contribution in [3.63, 3.8) is 0 Å². The van der Waals surface area contributed by atoms with Crippen molar-refractivity contribution in [2.45, 2.75) is 25.3 Å². The normalized spacial score (nSPS) is 15.3. The molecule has 1 saturated heterocycles. The number of hydrogen-bond acceptors (Lipinski definition) is 5. The van der Waals surface area contributed by atoms with Gasteiger partial charge in [0.25, 0.3) is 0 Å². The average Bonchev–Trinajstić information content (AvgIpc) is 3.14. The van der Waals surface area contributed by atoms with E-state index in [4.69, 9.17) is 14.5 Å². The number of piperidine rings is 1. The Morgan fingerprint density at radius 2 is 2.04 bits per heavy atom. The molecule has 6 nitrogen and oxygen atoms in total. The summed E-state index contributed by atoms with van der Waals surface area (Å²) in [5, 5.41) is 3.42. The van der Waals surface area contributed by atoms with Crippen LogP contribution in [0.5, 0.6) is 11.5 Å². The first-order valence-electron chi connectivity index (χ1n) is 9.02. The molecule has 1 aromatic rings. The monoisotopic (exact) mass is 352 g/mol. The number of fused-ring (bicyclic) bond motifs is 1. The predicted molar refractivity (Wildman–Crippen MR) is 100 cm³/mol. The largest absolute Gasteiger partial charge is 0.493 e. The van der Waals surface area contributed by atoms with Crippen LogP contribution in [0.25, 0.3) is 11.4 Å². The van der Waals surface area contributed by atoms with Gasteiger partial charge in [0.2, 0.25) is 0 Å². The maximum absolute atomic E-state index is 5.52. The number of methoxy groups -OCH3 is 2.